The second kappa shape index (κ2) is 7.96. The summed E-state index contributed by atoms with van der Waals surface area (Å²) in [4.78, 5) is 20.3. The number of ether oxygens (including phenoxy) is 1. The van der Waals surface area contributed by atoms with E-state index in [4.69, 9.17) is 4.74 Å². The number of rotatable bonds is 6. The molecule has 5 nitrogen and oxygen atoms in total. The molecule has 0 saturated heterocycles. The van der Waals surface area contributed by atoms with Crippen molar-refractivity contribution in [3.63, 3.8) is 0 Å². The van der Waals surface area contributed by atoms with E-state index in [1.165, 1.54) is 0 Å². The molecule has 28 heavy (non-hydrogen) atoms. The van der Waals surface area contributed by atoms with Crippen molar-refractivity contribution in [2.75, 3.05) is 11.9 Å². The van der Waals surface area contributed by atoms with Crippen molar-refractivity contribution < 1.29 is 9.53 Å². The van der Waals surface area contributed by atoms with Crippen molar-refractivity contribution in [1.29, 1.82) is 0 Å². The first-order valence-corrected chi connectivity index (χ1v) is 9.28. The Bertz CT molecular complexity index is 1070. The normalized spacial score (nSPS) is 10.8. The summed E-state index contributed by atoms with van der Waals surface area (Å²) in [7, 11) is 0. The number of H-pyrrole nitrogens is 1. The van der Waals surface area contributed by atoms with Crippen molar-refractivity contribution in [2.24, 2.45) is 0 Å². The molecular formula is C23H21N3O2. The highest BCUT2D eigenvalue weighted by molar-refractivity contribution is 5.93. The number of benzene rings is 3. The fourth-order valence-electron chi connectivity index (χ4n) is 3.09. The first-order valence-electron chi connectivity index (χ1n) is 9.28. The monoisotopic (exact) mass is 371 g/mol. The Morgan fingerprint density at radius 3 is 2.64 bits per heavy atom. The van der Waals surface area contributed by atoms with E-state index in [-0.39, 0.29) is 5.91 Å². The van der Waals surface area contributed by atoms with Crippen LogP contribution in [0.4, 0.5) is 5.69 Å². The average Bonchev–Trinajstić information content (AvgIpc) is 3.14. The number of nitrogens with one attached hydrogen (secondary N) is 2. The second-order valence-corrected chi connectivity index (χ2v) is 6.49. The second-order valence-electron chi connectivity index (χ2n) is 6.49. The third-order valence-electron chi connectivity index (χ3n) is 4.41. The van der Waals surface area contributed by atoms with Gasteiger partial charge in [0.15, 0.2) is 0 Å². The van der Waals surface area contributed by atoms with Crippen molar-refractivity contribution in [3.05, 3.63) is 78.4 Å². The van der Waals surface area contributed by atoms with Gasteiger partial charge < -0.3 is 15.0 Å². The number of hydrogen-bond acceptors (Lipinski definition) is 3. The zero-order valence-electron chi connectivity index (χ0n) is 15.6. The molecule has 1 aromatic heterocycles. The Hall–Kier alpha value is -3.60. The average molecular weight is 371 g/mol. The largest absolute Gasteiger partial charge is 0.494 e. The first kappa shape index (κ1) is 17.8. The SMILES string of the molecule is CCOc1ccc(CC(=O)Nc2cccc(-c3nc4ccccc4[nH]3)c2)cc1. The highest BCUT2D eigenvalue weighted by Crippen LogP contribution is 2.23. The quantitative estimate of drug-likeness (QED) is 0.511. The molecule has 0 aliphatic carbocycles. The summed E-state index contributed by atoms with van der Waals surface area (Å²) in [6, 6.07) is 23.2. The van der Waals surface area contributed by atoms with Crippen LogP contribution in [0.2, 0.25) is 0 Å². The van der Waals surface area contributed by atoms with Gasteiger partial charge in [0.2, 0.25) is 5.91 Å². The lowest BCUT2D eigenvalue weighted by Crippen LogP contribution is -2.14. The molecule has 5 heteroatoms. The lowest BCUT2D eigenvalue weighted by molar-refractivity contribution is -0.115. The number of aromatic nitrogens is 2. The van der Waals surface area contributed by atoms with Crippen LogP contribution < -0.4 is 10.1 Å². The van der Waals surface area contributed by atoms with Crippen LogP contribution in [-0.2, 0) is 11.2 Å². The van der Waals surface area contributed by atoms with Crippen LogP contribution in [0.1, 0.15) is 12.5 Å². The number of nitrogens with zero attached hydrogens (tertiary/aromatic N) is 1. The summed E-state index contributed by atoms with van der Waals surface area (Å²) in [6.07, 6.45) is 0.307. The molecule has 4 rings (SSSR count). The molecule has 0 saturated carbocycles. The van der Waals surface area contributed by atoms with Crippen LogP contribution in [0.5, 0.6) is 5.75 Å². The minimum Gasteiger partial charge on any atom is -0.494 e. The minimum atomic E-state index is -0.0640. The number of anilines is 1. The molecule has 0 unspecified atom stereocenters. The highest BCUT2D eigenvalue weighted by atomic mass is 16.5. The maximum atomic E-state index is 12.4. The Labute approximate surface area is 163 Å². The Morgan fingerprint density at radius 2 is 1.86 bits per heavy atom. The van der Waals surface area contributed by atoms with Crippen molar-refractivity contribution in [3.8, 4) is 17.1 Å². The molecule has 0 aliphatic rings. The van der Waals surface area contributed by atoms with Gasteiger partial charge in [-0.1, -0.05) is 36.4 Å². The number of hydrogen-bond donors (Lipinski definition) is 2. The van der Waals surface area contributed by atoms with E-state index in [1.54, 1.807) is 0 Å². The van der Waals surface area contributed by atoms with Crippen LogP contribution in [0, 0.1) is 0 Å². The van der Waals surface area contributed by atoms with E-state index in [0.29, 0.717) is 13.0 Å². The highest BCUT2D eigenvalue weighted by Gasteiger charge is 2.08. The first-order chi connectivity index (χ1) is 13.7. The van der Waals surface area contributed by atoms with Crippen LogP contribution in [0.3, 0.4) is 0 Å². The molecule has 2 N–H and O–H groups in total. The van der Waals surface area contributed by atoms with E-state index in [2.05, 4.69) is 15.3 Å². The van der Waals surface area contributed by atoms with E-state index in [0.717, 1.165) is 39.4 Å². The predicted molar refractivity (Wildman–Crippen MR) is 111 cm³/mol. The molecular weight excluding hydrogens is 350 g/mol. The van der Waals surface area contributed by atoms with Gasteiger partial charge in [-0.3, -0.25) is 4.79 Å². The summed E-state index contributed by atoms with van der Waals surface area (Å²) in [5, 5.41) is 2.96. The summed E-state index contributed by atoms with van der Waals surface area (Å²) in [6.45, 7) is 2.57. The summed E-state index contributed by atoms with van der Waals surface area (Å²) in [5.41, 5.74) is 4.52. The standard InChI is InChI=1S/C23H21N3O2/c1-2-28-19-12-10-16(11-13-19)14-22(27)24-18-7-5-6-17(15-18)23-25-20-8-3-4-9-21(20)26-23/h3-13,15H,2,14H2,1H3,(H,24,27)(H,25,26). The number of fused-ring (bicyclic) bond motifs is 1. The molecule has 0 bridgehead atoms. The number of carbonyl (C=O) groups excluding carboxylic acids is 1. The molecule has 140 valence electrons. The van der Waals surface area contributed by atoms with Gasteiger partial charge in [-0.05, 0) is 48.9 Å². The van der Waals surface area contributed by atoms with Gasteiger partial charge in [0.25, 0.3) is 0 Å². The maximum Gasteiger partial charge on any atom is 0.228 e. The van der Waals surface area contributed by atoms with Gasteiger partial charge in [-0.25, -0.2) is 4.98 Å². The minimum absolute atomic E-state index is 0.0640. The molecule has 1 amide bonds. The lowest BCUT2D eigenvalue weighted by atomic mass is 10.1. The zero-order chi connectivity index (χ0) is 19.3. The van der Waals surface area contributed by atoms with Crippen molar-refractivity contribution in [2.45, 2.75) is 13.3 Å². The van der Waals surface area contributed by atoms with Crippen LogP contribution in [0.25, 0.3) is 22.4 Å². The van der Waals surface area contributed by atoms with Crippen LogP contribution in [-0.4, -0.2) is 22.5 Å². The van der Waals surface area contributed by atoms with Crippen molar-refractivity contribution >= 4 is 22.6 Å². The maximum absolute atomic E-state index is 12.4. The molecule has 1 heterocycles. The molecule has 0 spiro atoms. The number of carbonyl (C=O) groups is 1. The zero-order valence-corrected chi connectivity index (χ0v) is 15.6. The third kappa shape index (κ3) is 4.04. The molecule has 0 atom stereocenters. The van der Waals surface area contributed by atoms with E-state index in [1.807, 2.05) is 79.7 Å². The summed E-state index contributed by atoms with van der Waals surface area (Å²) < 4.78 is 5.43. The molecule has 0 fully saturated rings. The van der Waals surface area contributed by atoms with Gasteiger partial charge in [0.05, 0.1) is 24.1 Å². The Balaban J connectivity index is 1.46. The molecule has 3 aromatic carbocycles. The smallest absolute Gasteiger partial charge is 0.228 e. The topological polar surface area (TPSA) is 67.0 Å². The van der Waals surface area contributed by atoms with Gasteiger partial charge >= 0.3 is 0 Å². The molecule has 0 aliphatic heterocycles. The molecule has 4 aromatic rings. The van der Waals surface area contributed by atoms with E-state index >= 15 is 0 Å². The van der Waals surface area contributed by atoms with Gasteiger partial charge in [0, 0.05) is 11.3 Å². The third-order valence-corrected chi connectivity index (χ3v) is 4.41. The van der Waals surface area contributed by atoms with E-state index in [9.17, 15) is 4.79 Å². The predicted octanol–water partition coefficient (Wildman–Crippen LogP) is 4.81. The van der Waals surface area contributed by atoms with Crippen LogP contribution >= 0.6 is 0 Å². The van der Waals surface area contributed by atoms with Gasteiger partial charge in [-0.15, -0.1) is 0 Å². The fourth-order valence-corrected chi connectivity index (χ4v) is 3.09. The summed E-state index contributed by atoms with van der Waals surface area (Å²) >= 11 is 0. The van der Waals surface area contributed by atoms with E-state index < -0.39 is 0 Å². The molecule has 0 radical (unpaired) electrons. The lowest BCUT2D eigenvalue weighted by Gasteiger charge is -2.08. The fraction of sp³-hybridized carbons (Fsp3) is 0.130. The summed E-state index contributed by atoms with van der Waals surface area (Å²) in [5.74, 6) is 1.53. The number of aromatic amines is 1. The van der Waals surface area contributed by atoms with Crippen LogP contribution in [0.15, 0.2) is 72.8 Å². The van der Waals surface area contributed by atoms with Gasteiger partial charge in [0.1, 0.15) is 11.6 Å². The number of imidazole rings is 1. The Kier molecular flexibility index (Phi) is 5.06. The number of para-hydroxylation sites is 2. The van der Waals surface area contributed by atoms with Gasteiger partial charge in [-0.2, -0.15) is 0 Å². The number of amides is 1. The Morgan fingerprint density at radius 1 is 1.04 bits per heavy atom. The van der Waals surface area contributed by atoms with Crippen molar-refractivity contribution in [1.82, 2.24) is 9.97 Å².